The molecule has 0 spiro atoms. The standard InChI is InChI=1S/C11H16NO/c1-12(2,3)11-6-4-10(5-7-11)8-9-13/h4-7,9H,8H2,1-3H3/q+1. The fourth-order valence-electron chi connectivity index (χ4n) is 1.18. The molecule has 0 saturated carbocycles. The zero-order chi connectivity index (χ0) is 9.90. The number of aldehydes is 1. The van der Waals surface area contributed by atoms with E-state index in [1.807, 2.05) is 12.1 Å². The molecule has 2 heteroatoms. The minimum absolute atomic E-state index is 0.511. The van der Waals surface area contributed by atoms with E-state index in [1.54, 1.807) is 0 Å². The lowest BCUT2D eigenvalue weighted by molar-refractivity contribution is -0.107. The molecule has 0 aliphatic heterocycles. The van der Waals surface area contributed by atoms with Crippen molar-refractivity contribution in [1.82, 2.24) is 4.48 Å². The lowest BCUT2D eigenvalue weighted by Gasteiger charge is -2.23. The van der Waals surface area contributed by atoms with Crippen LogP contribution in [0.5, 0.6) is 0 Å². The molecule has 0 N–H and O–H groups in total. The van der Waals surface area contributed by atoms with Crippen LogP contribution in [0.1, 0.15) is 5.56 Å². The van der Waals surface area contributed by atoms with Crippen LogP contribution in [0.3, 0.4) is 0 Å². The van der Waals surface area contributed by atoms with Crippen molar-refractivity contribution >= 4 is 12.0 Å². The third-order valence-corrected chi connectivity index (χ3v) is 2.03. The lowest BCUT2D eigenvalue weighted by atomic mass is 10.1. The first-order valence-corrected chi connectivity index (χ1v) is 4.38. The summed E-state index contributed by atoms with van der Waals surface area (Å²) in [7, 11) is 6.36. The van der Waals surface area contributed by atoms with E-state index in [0.29, 0.717) is 6.42 Å². The van der Waals surface area contributed by atoms with E-state index < -0.39 is 0 Å². The van der Waals surface area contributed by atoms with Crippen LogP contribution >= 0.6 is 0 Å². The third kappa shape index (κ3) is 2.67. The van der Waals surface area contributed by atoms with Crippen molar-refractivity contribution in [1.29, 1.82) is 0 Å². The Kier molecular flexibility index (Phi) is 2.83. The minimum atomic E-state index is 0.511. The first kappa shape index (κ1) is 9.93. The van der Waals surface area contributed by atoms with Crippen molar-refractivity contribution in [3.8, 4) is 0 Å². The molecule has 1 aromatic carbocycles. The van der Waals surface area contributed by atoms with Gasteiger partial charge in [-0.3, -0.25) is 4.48 Å². The van der Waals surface area contributed by atoms with Gasteiger partial charge in [-0.25, -0.2) is 0 Å². The molecule has 1 rings (SSSR count). The molecule has 13 heavy (non-hydrogen) atoms. The smallest absolute Gasteiger partial charge is 0.132 e. The van der Waals surface area contributed by atoms with Gasteiger partial charge in [0.15, 0.2) is 0 Å². The molecule has 0 aliphatic carbocycles. The molecular weight excluding hydrogens is 162 g/mol. The molecule has 0 radical (unpaired) electrons. The second-order valence-corrected chi connectivity index (χ2v) is 4.05. The highest BCUT2D eigenvalue weighted by Crippen LogP contribution is 2.16. The number of benzene rings is 1. The molecule has 0 aromatic heterocycles. The van der Waals surface area contributed by atoms with Gasteiger partial charge in [0, 0.05) is 6.42 Å². The molecule has 0 aliphatic rings. The van der Waals surface area contributed by atoms with E-state index in [9.17, 15) is 4.79 Å². The highest BCUT2D eigenvalue weighted by molar-refractivity contribution is 5.56. The van der Waals surface area contributed by atoms with Crippen molar-refractivity contribution in [3.05, 3.63) is 29.8 Å². The maximum atomic E-state index is 10.3. The van der Waals surface area contributed by atoms with Gasteiger partial charge in [-0.15, -0.1) is 0 Å². The number of hydrogen-bond acceptors (Lipinski definition) is 1. The summed E-state index contributed by atoms with van der Waals surface area (Å²) in [6.45, 7) is 0. The number of carbonyl (C=O) groups is 1. The number of carbonyl (C=O) groups excluding carboxylic acids is 1. The quantitative estimate of drug-likeness (QED) is 0.508. The maximum Gasteiger partial charge on any atom is 0.132 e. The van der Waals surface area contributed by atoms with Crippen molar-refractivity contribution in [2.24, 2.45) is 0 Å². The Morgan fingerprint density at radius 3 is 2.08 bits per heavy atom. The van der Waals surface area contributed by atoms with Crippen LogP contribution in [-0.4, -0.2) is 27.4 Å². The van der Waals surface area contributed by atoms with Crippen LogP contribution in [0.2, 0.25) is 0 Å². The second-order valence-electron chi connectivity index (χ2n) is 4.05. The first-order valence-electron chi connectivity index (χ1n) is 4.38. The second kappa shape index (κ2) is 3.71. The molecule has 0 atom stereocenters. The topological polar surface area (TPSA) is 17.1 Å². The number of nitrogens with zero attached hydrogens (tertiary/aromatic N) is 1. The lowest BCUT2D eigenvalue weighted by Crippen LogP contribution is -2.34. The fraction of sp³-hybridized carbons (Fsp3) is 0.364. The van der Waals surface area contributed by atoms with Gasteiger partial charge in [0.25, 0.3) is 0 Å². The zero-order valence-corrected chi connectivity index (χ0v) is 8.45. The molecule has 0 fully saturated rings. The molecule has 2 nitrogen and oxygen atoms in total. The largest absolute Gasteiger partial charge is 0.303 e. The summed E-state index contributed by atoms with van der Waals surface area (Å²) in [5.41, 5.74) is 2.32. The van der Waals surface area contributed by atoms with E-state index in [1.165, 1.54) is 5.69 Å². The van der Waals surface area contributed by atoms with Gasteiger partial charge in [-0.2, -0.15) is 0 Å². The molecular formula is C11H16NO+. The van der Waals surface area contributed by atoms with Crippen molar-refractivity contribution < 1.29 is 4.79 Å². The average Bonchev–Trinajstić information content (AvgIpc) is 2.04. The van der Waals surface area contributed by atoms with Crippen molar-refractivity contribution in [2.75, 3.05) is 21.1 Å². The van der Waals surface area contributed by atoms with E-state index in [2.05, 4.69) is 33.3 Å². The summed E-state index contributed by atoms with van der Waals surface area (Å²) in [4.78, 5) is 10.3. The molecule has 1 aromatic rings. The Morgan fingerprint density at radius 2 is 1.69 bits per heavy atom. The molecule has 0 amide bonds. The van der Waals surface area contributed by atoms with E-state index in [4.69, 9.17) is 0 Å². The van der Waals surface area contributed by atoms with E-state index >= 15 is 0 Å². The van der Waals surface area contributed by atoms with Crippen molar-refractivity contribution in [2.45, 2.75) is 6.42 Å². The fourth-order valence-corrected chi connectivity index (χ4v) is 1.18. The number of hydrogen-bond donors (Lipinski definition) is 0. The van der Waals surface area contributed by atoms with Gasteiger partial charge in [0.1, 0.15) is 12.0 Å². The summed E-state index contributed by atoms with van der Waals surface area (Å²) >= 11 is 0. The molecule has 0 saturated heterocycles. The number of quaternary nitrogens is 1. The Labute approximate surface area is 79.4 Å². The average molecular weight is 178 g/mol. The van der Waals surface area contributed by atoms with E-state index in [-0.39, 0.29) is 0 Å². The van der Waals surface area contributed by atoms with Crippen LogP contribution in [-0.2, 0) is 11.2 Å². The monoisotopic (exact) mass is 178 g/mol. The Morgan fingerprint density at radius 1 is 1.15 bits per heavy atom. The third-order valence-electron chi connectivity index (χ3n) is 2.03. The predicted molar refractivity (Wildman–Crippen MR) is 55.8 cm³/mol. The zero-order valence-electron chi connectivity index (χ0n) is 8.45. The van der Waals surface area contributed by atoms with Gasteiger partial charge in [-0.1, -0.05) is 12.1 Å². The van der Waals surface area contributed by atoms with Crippen LogP contribution in [0.4, 0.5) is 5.69 Å². The summed E-state index contributed by atoms with van der Waals surface area (Å²) in [6, 6.07) is 8.15. The molecule has 0 bridgehead atoms. The van der Waals surface area contributed by atoms with Gasteiger partial charge in [-0.05, 0) is 17.7 Å². The highest BCUT2D eigenvalue weighted by atomic mass is 16.1. The van der Waals surface area contributed by atoms with Gasteiger partial charge in [0.05, 0.1) is 21.1 Å². The Bertz CT molecular complexity index is 282. The number of rotatable bonds is 3. The first-order chi connectivity index (χ1) is 6.04. The van der Waals surface area contributed by atoms with Gasteiger partial charge in [0.2, 0.25) is 0 Å². The molecule has 70 valence electrons. The van der Waals surface area contributed by atoms with Crippen molar-refractivity contribution in [3.63, 3.8) is 0 Å². The van der Waals surface area contributed by atoms with Crippen LogP contribution < -0.4 is 4.48 Å². The minimum Gasteiger partial charge on any atom is -0.303 e. The summed E-state index contributed by atoms with van der Waals surface area (Å²) in [6.07, 6.45) is 1.44. The normalized spacial score (nSPS) is 11.3. The van der Waals surface area contributed by atoms with Gasteiger partial charge >= 0.3 is 0 Å². The SMILES string of the molecule is C[N+](C)(C)c1ccc(CC=O)cc1. The summed E-state index contributed by atoms with van der Waals surface area (Å²) in [5, 5.41) is 0. The maximum absolute atomic E-state index is 10.3. The predicted octanol–water partition coefficient (Wildman–Crippen LogP) is 1.62. The Balaban J connectivity index is 2.87. The van der Waals surface area contributed by atoms with E-state index in [0.717, 1.165) is 16.3 Å². The van der Waals surface area contributed by atoms with Crippen LogP contribution in [0.15, 0.2) is 24.3 Å². The Hall–Kier alpha value is -1.15. The molecule has 0 heterocycles. The molecule has 0 unspecified atom stereocenters. The van der Waals surface area contributed by atoms with Crippen LogP contribution in [0.25, 0.3) is 0 Å². The highest BCUT2D eigenvalue weighted by Gasteiger charge is 2.10. The van der Waals surface area contributed by atoms with Gasteiger partial charge < -0.3 is 4.79 Å². The van der Waals surface area contributed by atoms with Crippen LogP contribution in [0, 0.1) is 0 Å². The summed E-state index contributed by atoms with van der Waals surface area (Å²) < 4.78 is 0.807. The summed E-state index contributed by atoms with van der Waals surface area (Å²) in [5.74, 6) is 0.